The van der Waals surface area contributed by atoms with E-state index >= 15 is 0 Å². The lowest BCUT2D eigenvalue weighted by Crippen LogP contribution is -2.48. The van der Waals surface area contributed by atoms with Crippen LogP contribution in [0.3, 0.4) is 0 Å². The molecule has 2 aliphatic heterocycles. The summed E-state index contributed by atoms with van der Waals surface area (Å²) in [5, 5.41) is 10.9. The van der Waals surface area contributed by atoms with Crippen molar-refractivity contribution in [3.8, 4) is 17.2 Å². The summed E-state index contributed by atoms with van der Waals surface area (Å²) >= 11 is 12.2. The van der Waals surface area contributed by atoms with Gasteiger partial charge in [-0.05, 0) is 85.8 Å². The number of carbonyl (C=O) groups excluding carboxylic acids is 4. The van der Waals surface area contributed by atoms with Gasteiger partial charge < -0.3 is 14.6 Å². The minimum absolute atomic E-state index is 0.0934. The van der Waals surface area contributed by atoms with Gasteiger partial charge in [-0.25, -0.2) is 9.29 Å². The highest BCUT2D eigenvalue weighted by Gasteiger charge is 2.67. The van der Waals surface area contributed by atoms with Crippen molar-refractivity contribution < 1.29 is 38.1 Å². The lowest BCUT2D eigenvalue weighted by Gasteiger charge is -2.49. The third-order valence-corrected chi connectivity index (χ3v) is 10.9. The summed E-state index contributed by atoms with van der Waals surface area (Å²) in [6.07, 6.45) is 2.28. The molecule has 6 unspecified atom stereocenters. The molecule has 4 amide bonds. The van der Waals surface area contributed by atoms with Crippen LogP contribution < -0.4 is 19.3 Å². The first-order chi connectivity index (χ1) is 22.4. The Labute approximate surface area is 279 Å². The quantitative estimate of drug-likeness (QED) is 0.249. The Morgan fingerprint density at radius 2 is 1.49 bits per heavy atom. The molecule has 47 heavy (non-hydrogen) atoms. The predicted octanol–water partition coefficient (Wildman–Crippen LogP) is 6.29. The Hall–Kier alpha value is -4.41. The molecule has 1 saturated carbocycles. The van der Waals surface area contributed by atoms with Gasteiger partial charge in [0.25, 0.3) is 0 Å². The maximum atomic E-state index is 14.6. The van der Waals surface area contributed by atoms with Crippen LogP contribution in [0.2, 0.25) is 10.0 Å². The Kier molecular flexibility index (Phi) is 7.37. The molecule has 12 heteroatoms. The summed E-state index contributed by atoms with van der Waals surface area (Å²) in [6, 6.07) is 13.3. The summed E-state index contributed by atoms with van der Waals surface area (Å²) in [7, 11) is 2.77. The zero-order valence-electron chi connectivity index (χ0n) is 25.5. The molecule has 3 aromatic carbocycles. The van der Waals surface area contributed by atoms with Crippen LogP contribution in [0.25, 0.3) is 0 Å². The average Bonchev–Trinajstić information content (AvgIpc) is 3.42. The van der Waals surface area contributed by atoms with Crippen LogP contribution in [0, 0.1) is 34.9 Å². The summed E-state index contributed by atoms with van der Waals surface area (Å²) in [5.41, 5.74) is 0.389. The van der Waals surface area contributed by atoms with Gasteiger partial charge in [0.15, 0.2) is 11.5 Å². The van der Waals surface area contributed by atoms with Crippen LogP contribution in [0.4, 0.5) is 15.8 Å². The van der Waals surface area contributed by atoms with E-state index < -0.39 is 52.6 Å². The number of aromatic hydroxyl groups is 1. The number of fused-ring (bicyclic) bond motifs is 4. The molecule has 3 aromatic rings. The summed E-state index contributed by atoms with van der Waals surface area (Å²) < 4.78 is 25.1. The number of hydrogen-bond acceptors (Lipinski definition) is 7. The van der Waals surface area contributed by atoms with Crippen molar-refractivity contribution in [2.75, 3.05) is 24.0 Å². The molecule has 3 fully saturated rings. The topological polar surface area (TPSA) is 113 Å². The van der Waals surface area contributed by atoms with Crippen molar-refractivity contribution in [2.24, 2.45) is 29.1 Å². The lowest BCUT2D eigenvalue weighted by atomic mass is 9.51. The summed E-state index contributed by atoms with van der Waals surface area (Å²) in [4.78, 5) is 59.2. The molecular weight excluding hydrogens is 650 g/mol. The number of benzene rings is 3. The van der Waals surface area contributed by atoms with Crippen LogP contribution in [0.5, 0.6) is 17.2 Å². The maximum Gasteiger partial charge on any atom is 0.241 e. The predicted molar refractivity (Wildman–Crippen MR) is 171 cm³/mol. The first-order valence-corrected chi connectivity index (χ1v) is 15.8. The smallest absolute Gasteiger partial charge is 0.241 e. The van der Waals surface area contributed by atoms with Gasteiger partial charge in [-0.2, -0.15) is 0 Å². The van der Waals surface area contributed by atoms with E-state index in [-0.39, 0.29) is 52.6 Å². The number of methoxy groups -OCH3 is 2. The number of amides is 4. The molecule has 2 saturated heterocycles. The molecule has 0 spiro atoms. The van der Waals surface area contributed by atoms with Gasteiger partial charge in [-0.15, -0.1) is 0 Å². The Morgan fingerprint density at radius 1 is 0.851 bits per heavy atom. The zero-order chi connectivity index (χ0) is 33.5. The molecule has 2 aliphatic carbocycles. The van der Waals surface area contributed by atoms with Gasteiger partial charge in [0.05, 0.1) is 53.8 Å². The van der Waals surface area contributed by atoms with E-state index in [1.165, 1.54) is 31.3 Å². The van der Waals surface area contributed by atoms with E-state index in [2.05, 4.69) is 0 Å². The van der Waals surface area contributed by atoms with Crippen molar-refractivity contribution in [3.05, 3.63) is 87.7 Å². The number of imide groups is 2. The number of rotatable bonds is 5. The highest BCUT2D eigenvalue weighted by Crippen LogP contribution is 2.64. The number of phenolic OH excluding ortho intramolecular Hbond substituents is 1. The number of allylic oxidation sites excluding steroid dienone is 2. The van der Waals surface area contributed by atoms with Gasteiger partial charge >= 0.3 is 0 Å². The SMILES string of the molecule is COc1cc(C2C3=CCC4C(=O)N(c5ccc(Cl)cc5)C(=O)C4C3CC3C(=O)N(c4ccc(F)c(Cl)c4)C(=O)C32C)cc(OC)c1O. The number of nitrogens with zero attached hydrogens (tertiary/aromatic N) is 2. The molecule has 9 nitrogen and oxygen atoms in total. The van der Waals surface area contributed by atoms with Gasteiger partial charge in [0.1, 0.15) is 5.82 Å². The molecule has 2 heterocycles. The Balaban J connectivity index is 1.40. The molecule has 0 bridgehead atoms. The van der Waals surface area contributed by atoms with Crippen molar-refractivity contribution >= 4 is 58.2 Å². The fourth-order valence-electron chi connectivity index (χ4n) is 8.19. The third kappa shape index (κ3) is 4.41. The van der Waals surface area contributed by atoms with E-state index in [9.17, 15) is 28.7 Å². The summed E-state index contributed by atoms with van der Waals surface area (Å²) in [6.45, 7) is 1.71. The van der Waals surface area contributed by atoms with Gasteiger partial charge in [0.2, 0.25) is 29.4 Å². The molecule has 7 rings (SSSR count). The van der Waals surface area contributed by atoms with Crippen LogP contribution in [0.1, 0.15) is 31.2 Å². The molecule has 1 N–H and O–H groups in total. The fourth-order valence-corrected chi connectivity index (χ4v) is 8.49. The monoisotopic (exact) mass is 678 g/mol. The minimum Gasteiger partial charge on any atom is -0.502 e. The third-order valence-electron chi connectivity index (χ3n) is 10.4. The lowest BCUT2D eigenvalue weighted by molar-refractivity contribution is -0.131. The van der Waals surface area contributed by atoms with E-state index in [1.54, 1.807) is 43.3 Å². The van der Waals surface area contributed by atoms with Crippen LogP contribution in [-0.4, -0.2) is 43.0 Å². The highest BCUT2D eigenvalue weighted by molar-refractivity contribution is 6.32. The van der Waals surface area contributed by atoms with Gasteiger partial charge in [0, 0.05) is 10.9 Å². The first-order valence-electron chi connectivity index (χ1n) is 15.0. The van der Waals surface area contributed by atoms with E-state index in [4.69, 9.17) is 32.7 Å². The Morgan fingerprint density at radius 3 is 2.11 bits per heavy atom. The van der Waals surface area contributed by atoms with Crippen LogP contribution in [0.15, 0.2) is 66.2 Å². The van der Waals surface area contributed by atoms with Crippen molar-refractivity contribution in [1.82, 2.24) is 0 Å². The molecule has 0 aromatic heterocycles. The minimum atomic E-state index is -1.39. The number of carbonyl (C=O) groups is 4. The Bertz CT molecular complexity index is 1890. The number of anilines is 2. The second kappa shape index (κ2) is 11.1. The van der Waals surface area contributed by atoms with Gasteiger partial charge in [-0.1, -0.05) is 34.9 Å². The van der Waals surface area contributed by atoms with Gasteiger partial charge in [-0.3, -0.25) is 24.1 Å². The van der Waals surface area contributed by atoms with Crippen molar-refractivity contribution in [1.29, 1.82) is 0 Å². The number of phenols is 1. The number of ether oxygens (including phenoxy) is 2. The second-order valence-corrected chi connectivity index (χ2v) is 13.4. The molecule has 242 valence electrons. The fraction of sp³-hybridized carbons (Fsp3) is 0.314. The average molecular weight is 680 g/mol. The van der Waals surface area contributed by atoms with E-state index in [1.807, 2.05) is 6.08 Å². The van der Waals surface area contributed by atoms with E-state index in [0.29, 0.717) is 16.3 Å². The molecule has 4 aliphatic rings. The number of hydrogen-bond donors (Lipinski definition) is 1. The largest absolute Gasteiger partial charge is 0.502 e. The molecule has 0 radical (unpaired) electrons. The maximum absolute atomic E-state index is 14.6. The van der Waals surface area contributed by atoms with E-state index in [0.717, 1.165) is 16.5 Å². The highest BCUT2D eigenvalue weighted by atomic mass is 35.5. The molecule has 6 atom stereocenters. The first kappa shape index (κ1) is 31.2. The van der Waals surface area contributed by atoms with Crippen molar-refractivity contribution in [3.63, 3.8) is 0 Å². The normalized spacial score (nSPS) is 28.2. The molecular formula is C35H29Cl2FN2O7. The van der Waals surface area contributed by atoms with Crippen LogP contribution >= 0.6 is 23.2 Å². The number of halogens is 3. The van der Waals surface area contributed by atoms with Crippen LogP contribution in [-0.2, 0) is 19.2 Å². The zero-order valence-corrected chi connectivity index (χ0v) is 27.0. The summed E-state index contributed by atoms with van der Waals surface area (Å²) in [5.74, 6) is -6.27. The van der Waals surface area contributed by atoms with Crippen molar-refractivity contribution in [2.45, 2.75) is 25.7 Å². The standard InChI is InChI=1S/C35H29Cl2FN2O7/c1-35-23(32(43)40(34(35)45)19-8-11-25(38)24(37)14-19)15-22-20(29(35)16-12-26(46-2)30(41)27(13-16)47-3)9-10-21-28(22)33(44)39(31(21)42)18-6-4-17(36)5-7-18/h4-9,11-14,21-23,28-29,41H,10,15H2,1-3H3. The second-order valence-electron chi connectivity index (χ2n) is 12.5.